The highest BCUT2D eigenvalue weighted by Crippen LogP contribution is 2.49. The van der Waals surface area contributed by atoms with E-state index in [1.807, 2.05) is 6.92 Å². The zero-order valence-corrected chi connectivity index (χ0v) is 27.9. The average Bonchev–Trinajstić information content (AvgIpc) is 3.40. The number of hydrogen-bond acceptors (Lipinski definition) is 15. The van der Waals surface area contributed by atoms with Crippen molar-refractivity contribution in [3.63, 3.8) is 0 Å². The summed E-state index contributed by atoms with van der Waals surface area (Å²) < 4.78 is 51.6. The molecule has 1 aliphatic carbocycles. The lowest BCUT2D eigenvalue weighted by Crippen LogP contribution is -2.64. The van der Waals surface area contributed by atoms with E-state index >= 15 is 0 Å². The molecule has 10 atom stereocenters. The van der Waals surface area contributed by atoms with Gasteiger partial charge in [0.2, 0.25) is 12.6 Å². The van der Waals surface area contributed by atoms with Crippen molar-refractivity contribution in [1.29, 1.82) is 0 Å². The van der Waals surface area contributed by atoms with Gasteiger partial charge in [-0.2, -0.15) is 0 Å². The monoisotopic (exact) mass is 670 g/mol. The van der Waals surface area contributed by atoms with Crippen LogP contribution in [-0.2, 0) is 71.4 Å². The van der Waals surface area contributed by atoms with E-state index in [4.69, 9.17) is 42.6 Å². The molecular weight excluding hydrogens is 624 g/mol. The maximum atomic E-state index is 12.7. The van der Waals surface area contributed by atoms with Crippen molar-refractivity contribution < 1.29 is 71.4 Å². The van der Waals surface area contributed by atoms with E-state index in [9.17, 15) is 28.8 Å². The fourth-order valence-corrected chi connectivity index (χ4v) is 5.81. The van der Waals surface area contributed by atoms with Crippen molar-refractivity contribution in [1.82, 2.24) is 0 Å². The molecule has 0 bridgehead atoms. The summed E-state index contributed by atoms with van der Waals surface area (Å²) >= 11 is 0. The molecule has 1 saturated heterocycles. The number of carbonyl (C=O) groups excluding carboxylic acids is 6. The first-order chi connectivity index (χ1) is 22.4. The number of carbonyl (C=O) groups is 6. The Morgan fingerprint density at radius 3 is 1.81 bits per heavy atom. The lowest BCUT2D eigenvalue weighted by molar-refractivity contribution is -0.345. The maximum Gasteiger partial charge on any atom is 0.337 e. The molecule has 15 nitrogen and oxygen atoms in total. The average molecular weight is 671 g/mol. The molecule has 0 aromatic carbocycles. The summed E-state index contributed by atoms with van der Waals surface area (Å²) in [4.78, 5) is 75.0. The highest BCUT2D eigenvalue weighted by molar-refractivity contribution is 5.89. The second kappa shape index (κ2) is 17.4. The largest absolute Gasteiger partial charge is 0.472 e. The van der Waals surface area contributed by atoms with E-state index in [0.717, 1.165) is 0 Å². The van der Waals surface area contributed by atoms with Crippen LogP contribution in [-0.4, -0.2) is 92.6 Å². The Morgan fingerprint density at radius 1 is 0.723 bits per heavy atom. The van der Waals surface area contributed by atoms with Gasteiger partial charge in [-0.05, 0) is 6.42 Å². The number of methoxy groups -OCH3 is 1. The molecule has 3 aliphatic rings. The van der Waals surface area contributed by atoms with Gasteiger partial charge in [-0.3, -0.25) is 24.0 Å². The van der Waals surface area contributed by atoms with Crippen LogP contribution in [0.5, 0.6) is 0 Å². The van der Waals surface area contributed by atoms with Crippen LogP contribution in [0.15, 0.2) is 11.8 Å². The molecule has 0 aromatic heterocycles. The van der Waals surface area contributed by atoms with Gasteiger partial charge in [-0.1, -0.05) is 41.5 Å². The molecule has 1 saturated carbocycles. The summed E-state index contributed by atoms with van der Waals surface area (Å²) in [6.07, 6.45) is -7.20. The summed E-state index contributed by atoms with van der Waals surface area (Å²) in [7, 11) is 1.24. The van der Waals surface area contributed by atoms with E-state index < -0.39 is 97.4 Å². The fraction of sp³-hybridized carbons (Fsp3) is 0.750. The minimum Gasteiger partial charge on any atom is -0.472 e. The van der Waals surface area contributed by atoms with Crippen molar-refractivity contribution in [3.8, 4) is 0 Å². The molecule has 0 aromatic rings. The summed E-state index contributed by atoms with van der Waals surface area (Å²) in [6.45, 7) is 9.35. The summed E-state index contributed by atoms with van der Waals surface area (Å²) in [6, 6.07) is 0. The van der Waals surface area contributed by atoms with Crippen LogP contribution in [0.1, 0.15) is 80.1 Å². The molecule has 2 fully saturated rings. The van der Waals surface area contributed by atoms with E-state index in [-0.39, 0.29) is 50.0 Å². The van der Waals surface area contributed by atoms with Crippen LogP contribution < -0.4 is 0 Å². The summed E-state index contributed by atoms with van der Waals surface area (Å²) in [5.74, 6) is -5.16. The topological polar surface area (TPSA) is 185 Å². The molecule has 0 amide bonds. The molecule has 0 radical (unpaired) electrons. The minimum absolute atomic E-state index is 0.0404. The molecule has 2 heterocycles. The predicted octanol–water partition coefficient (Wildman–Crippen LogP) is 2.65. The Hall–Kier alpha value is -3.72. The van der Waals surface area contributed by atoms with E-state index in [1.54, 1.807) is 34.6 Å². The normalized spacial score (nSPS) is 31.3. The van der Waals surface area contributed by atoms with Gasteiger partial charge in [0, 0.05) is 49.9 Å². The van der Waals surface area contributed by atoms with Crippen LogP contribution >= 0.6 is 0 Å². The summed E-state index contributed by atoms with van der Waals surface area (Å²) in [5.41, 5.74) is 0.225. The van der Waals surface area contributed by atoms with Crippen molar-refractivity contribution in [2.24, 2.45) is 17.8 Å². The van der Waals surface area contributed by atoms with Gasteiger partial charge in [0.1, 0.15) is 18.8 Å². The number of rotatable bonds is 14. The third-order valence-corrected chi connectivity index (χ3v) is 8.41. The second-order valence-electron chi connectivity index (χ2n) is 11.4. The van der Waals surface area contributed by atoms with Crippen LogP contribution in [0.25, 0.3) is 0 Å². The number of hydrogen-bond donors (Lipinski definition) is 0. The Morgan fingerprint density at radius 2 is 1.26 bits per heavy atom. The fourth-order valence-electron chi connectivity index (χ4n) is 5.81. The minimum atomic E-state index is -1.51. The third-order valence-electron chi connectivity index (χ3n) is 8.41. The first-order valence-corrected chi connectivity index (χ1v) is 16.1. The van der Waals surface area contributed by atoms with Gasteiger partial charge in [0.25, 0.3) is 0 Å². The van der Waals surface area contributed by atoms with Crippen molar-refractivity contribution in [2.75, 3.05) is 13.7 Å². The van der Waals surface area contributed by atoms with Crippen molar-refractivity contribution in [2.45, 2.75) is 123 Å². The van der Waals surface area contributed by atoms with Crippen molar-refractivity contribution >= 4 is 35.8 Å². The van der Waals surface area contributed by atoms with Crippen LogP contribution in [0.2, 0.25) is 0 Å². The zero-order valence-electron chi connectivity index (χ0n) is 27.9. The summed E-state index contributed by atoms with van der Waals surface area (Å²) in [5, 5.41) is 0. The first kappa shape index (κ1) is 37.7. The van der Waals surface area contributed by atoms with Crippen LogP contribution in [0.4, 0.5) is 0 Å². The Bertz CT molecular complexity index is 1180. The van der Waals surface area contributed by atoms with Gasteiger partial charge in [0.05, 0.1) is 18.9 Å². The van der Waals surface area contributed by atoms with Crippen LogP contribution in [0, 0.1) is 17.8 Å². The van der Waals surface area contributed by atoms with Gasteiger partial charge in [0.15, 0.2) is 18.3 Å². The Kier molecular flexibility index (Phi) is 14.0. The molecular formula is C32H46O15. The number of fused-ring (bicyclic) bond motifs is 1. The van der Waals surface area contributed by atoms with Gasteiger partial charge in [-0.15, -0.1) is 0 Å². The van der Waals surface area contributed by atoms with Gasteiger partial charge in [-0.25, -0.2) is 4.79 Å². The maximum absolute atomic E-state index is 12.7. The van der Waals surface area contributed by atoms with E-state index in [2.05, 4.69) is 0 Å². The molecule has 0 spiro atoms. The highest BCUT2D eigenvalue weighted by atomic mass is 16.8. The number of ether oxygens (including phenoxy) is 9. The standard InChI is InChI=1S/C32H46O15/c1-8-21(33)40-15-20-27(44-23(35)10-3)28(45-24(36)11-4)29(46-25(37)12-5)32(43-20)47-31-26-16(6)19(42-22(34)9-2)13-17(26)18(14-41-31)30(38)39-7/h14,16-17,19-20,26-29,31-32H,8-13,15H2,1-7H3/t16-,17+,19-,20+,26+,27+,28-,29+,31-,32-/m0/s1. The molecule has 0 N–H and O–H groups in total. The first-order valence-electron chi connectivity index (χ1n) is 16.1. The number of esters is 6. The SMILES string of the molecule is CCC(=O)OC[C@H]1O[C@@H](O[C@@H]2OC=C(C(=O)OC)[C@H]3C[C@H](OC(=O)CC)[C@H](C)[C@@H]23)[C@H](OC(=O)CC)[C@@H](OC(=O)CC)[C@@H]1OC(=O)CC. The van der Waals surface area contributed by atoms with Crippen molar-refractivity contribution in [3.05, 3.63) is 11.8 Å². The molecule has 0 unspecified atom stereocenters. The van der Waals surface area contributed by atoms with E-state index in [0.29, 0.717) is 0 Å². The smallest absolute Gasteiger partial charge is 0.337 e. The van der Waals surface area contributed by atoms with Gasteiger partial charge < -0.3 is 42.6 Å². The lowest BCUT2D eigenvalue weighted by atomic mass is 9.83. The van der Waals surface area contributed by atoms with Gasteiger partial charge >= 0.3 is 35.8 Å². The second-order valence-corrected chi connectivity index (χ2v) is 11.4. The third kappa shape index (κ3) is 9.21. The zero-order chi connectivity index (χ0) is 34.8. The highest BCUT2D eigenvalue weighted by Gasteiger charge is 2.57. The Labute approximate surface area is 273 Å². The quantitative estimate of drug-likeness (QED) is 0.194. The molecule has 15 heteroatoms. The lowest BCUT2D eigenvalue weighted by Gasteiger charge is -2.46. The van der Waals surface area contributed by atoms with E-state index in [1.165, 1.54) is 13.4 Å². The Balaban J connectivity index is 2.06. The molecule has 2 aliphatic heterocycles. The molecule has 47 heavy (non-hydrogen) atoms. The van der Waals surface area contributed by atoms with Crippen LogP contribution in [0.3, 0.4) is 0 Å². The molecule has 264 valence electrons. The molecule has 3 rings (SSSR count). The predicted molar refractivity (Wildman–Crippen MR) is 157 cm³/mol.